The summed E-state index contributed by atoms with van der Waals surface area (Å²) in [5.74, 6) is 0. The Morgan fingerprint density at radius 3 is 2.00 bits per heavy atom. The zero-order chi connectivity index (χ0) is 7.56. The second kappa shape index (κ2) is 4.85. The van der Waals surface area contributed by atoms with Crippen LogP contribution in [-0.4, -0.2) is 37.1 Å². The molecule has 0 bridgehead atoms. The van der Waals surface area contributed by atoms with Gasteiger partial charge in [0.15, 0.2) is 0 Å². The Bertz CT molecular complexity index is 216. The van der Waals surface area contributed by atoms with Crippen LogP contribution in [0, 0.1) is 0 Å². The van der Waals surface area contributed by atoms with Crippen molar-refractivity contribution < 1.29 is 2.85 Å². The van der Waals surface area contributed by atoms with Gasteiger partial charge in [0.25, 0.3) is 0 Å². The average molecular weight is 182 g/mol. The molecule has 0 saturated carbocycles. The van der Waals surface area contributed by atoms with Crippen LogP contribution >= 0.6 is 11.6 Å². The summed E-state index contributed by atoms with van der Waals surface area (Å²) >= 11 is 5.70. The predicted octanol–water partition coefficient (Wildman–Crippen LogP) is 2.25. The van der Waals surface area contributed by atoms with Crippen LogP contribution in [0.25, 0.3) is 0 Å². The number of rotatable bonds is 1. The molecule has 0 radical (unpaired) electrons. The maximum Gasteiger partial charge on any atom is 2.00 e. The van der Waals surface area contributed by atoms with E-state index in [1.165, 1.54) is 5.69 Å². The van der Waals surface area contributed by atoms with Gasteiger partial charge in [-0.1, -0.05) is 11.6 Å². The Hall–Kier alpha value is 0.0762. The molecule has 1 aromatic carbocycles. The Morgan fingerprint density at radius 1 is 1.18 bits per heavy atom. The van der Waals surface area contributed by atoms with E-state index in [0.29, 0.717) is 0 Å². The van der Waals surface area contributed by atoms with Gasteiger partial charge in [-0.05, 0) is 24.3 Å². The summed E-state index contributed by atoms with van der Waals surface area (Å²) in [6.45, 7) is 0. The maximum absolute atomic E-state index is 5.70. The average Bonchev–Trinajstić information content (AvgIpc) is 1.88. The zero-order valence-corrected chi connectivity index (χ0v) is 9.01. The van der Waals surface area contributed by atoms with Crippen molar-refractivity contribution in [3.8, 4) is 0 Å². The van der Waals surface area contributed by atoms with Gasteiger partial charge in [-0.25, -0.2) is 0 Å². The summed E-state index contributed by atoms with van der Waals surface area (Å²) in [4.78, 5) is 2.04. The van der Waals surface area contributed by atoms with Gasteiger partial charge in [0.05, 0.1) is 0 Å². The maximum atomic E-state index is 5.70. The van der Waals surface area contributed by atoms with Gasteiger partial charge in [-0.3, -0.25) is 0 Å². The fraction of sp³-hybridized carbons (Fsp3) is 0.250. The van der Waals surface area contributed by atoms with E-state index in [-0.39, 0.29) is 25.9 Å². The third-order valence-corrected chi connectivity index (χ3v) is 1.60. The molecule has 0 aliphatic carbocycles. The Kier molecular flexibility index (Phi) is 4.89. The Labute approximate surface area is 91.5 Å². The van der Waals surface area contributed by atoms with Gasteiger partial charge in [0, 0.05) is 24.8 Å². The molecule has 0 saturated heterocycles. The quantitative estimate of drug-likeness (QED) is 0.602. The van der Waals surface area contributed by atoms with E-state index in [1.807, 2.05) is 43.3 Å². The van der Waals surface area contributed by atoms with E-state index in [4.69, 9.17) is 11.6 Å². The Balaban J connectivity index is -0.000000333. The van der Waals surface area contributed by atoms with Crippen LogP contribution < -0.4 is 4.90 Å². The number of benzene rings is 1. The first-order valence-corrected chi connectivity index (χ1v) is 3.51. The number of nitrogens with zero attached hydrogens (tertiary/aromatic N) is 1. The summed E-state index contributed by atoms with van der Waals surface area (Å²) in [7, 11) is 4.01. The van der Waals surface area contributed by atoms with Crippen LogP contribution in [0.5, 0.6) is 0 Å². The van der Waals surface area contributed by atoms with E-state index in [2.05, 4.69) is 0 Å². The van der Waals surface area contributed by atoms with Crippen molar-refractivity contribution in [3.05, 3.63) is 29.3 Å². The van der Waals surface area contributed by atoms with Crippen LogP contribution in [0.2, 0.25) is 5.02 Å². The van der Waals surface area contributed by atoms with Crippen molar-refractivity contribution in [1.82, 2.24) is 0 Å². The molecular weight excluding hydrogens is 170 g/mol. The van der Waals surface area contributed by atoms with Gasteiger partial charge in [0.1, 0.15) is 0 Å². The van der Waals surface area contributed by atoms with Crippen LogP contribution in [-0.2, 0) is 0 Å². The molecule has 1 rings (SSSR count). The summed E-state index contributed by atoms with van der Waals surface area (Å²) in [6, 6.07) is 7.75. The van der Waals surface area contributed by atoms with Crippen molar-refractivity contribution in [2.45, 2.75) is 0 Å². The number of anilines is 1. The second-order valence-electron chi connectivity index (χ2n) is 2.37. The molecule has 0 N–H and O–H groups in total. The first-order valence-electron chi connectivity index (χ1n) is 3.13. The number of halogens is 1. The third-order valence-electron chi connectivity index (χ3n) is 1.34. The van der Waals surface area contributed by atoms with Gasteiger partial charge in [0.2, 0.25) is 0 Å². The normalized spacial score (nSPS) is 8.64. The smallest absolute Gasteiger partial charge is 1.00 e. The van der Waals surface area contributed by atoms with Crippen LogP contribution in [0.1, 0.15) is 2.85 Å². The molecule has 0 aliphatic rings. The second-order valence-corrected chi connectivity index (χ2v) is 2.81. The number of hydrogen-bond donors (Lipinski definition) is 0. The zero-order valence-electron chi connectivity index (χ0n) is 8.84. The first-order chi connectivity index (χ1) is 4.70. The molecule has 1 nitrogen and oxygen atoms in total. The van der Waals surface area contributed by atoms with Crippen molar-refractivity contribution in [2.75, 3.05) is 19.0 Å². The molecule has 0 aliphatic heterocycles. The van der Waals surface area contributed by atoms with Gasteiger partial charge < -0.3 is 7.75 Å². The summed E-state index contributed by atoms with van der Waals surface area (Å²) in [6.07, 6.45) is 0. The SMILES string of the molecule is CN(C)c1ccc(Cl)cc1.[H-].[H-].[Mg+2]. The van der Waals surface area contributed by atoms with Gasteiger partial charge in [-0.15, -0.1) is 0 Å². The van der Waals surface area contributed by atoms with E-state index >= 15 is 0 Å². The minimum atomic E-state index is 0. The molecule has 3 heteroatoms. The largest absolute Gasteiger partial charge is 2.00 e. The standard InChI is InChI=1S/C8H10ClN.Mg.2H/c1-10(2)8-5-3-7(9)4-6-8;;;/h3-6H,1-2H3;;;/q;+2;2*-1. The van der Waals surface area contributed by atoms with Crippen molar-refractivity contribution >= 4 is 40.3 Å². The van der Waals surface area contributed by atoms with Crippen LogP contribution in [0.15, 0.2) is 24.3 Å². The molecule has 0 aromatic heterocycles. The van der Waals surface area contributed by atoms with E-state index in [0.717, 1.165) is 5.02 Å². The minimum absolute atomic E-state index is 0. The Morgan fingerprint density at radius 2 is 1.64 bits per heavy atom. The molecule has 0 amide bonds. The summed E-state index contributed by atoms with van der Waals surface area (Å²) in [5.41, 5.74) is 1.17. The summed E-state index contributed by atoms with van der Waals surface area (Å²) in [5, 5.41) is 0.783. The topological polar surface area (TPSA) is 3.24 Å². The van der Waals surface area contributed by atoms with E-state index in [9.17, 15) is 0 Å². The first kappa shape index (κ1) is 11.1. The predicted molar refractivity (Wildman–Crippen MR) is 53.8 cm³/mol. The minimum Gasteiger partial charge on any atom is -1.00 e. The third kappa shape index (κ3) is 3.32. The molecule has 0 spiro atoms. The van der Waals surface area contributed by atoms with Crippen molar-refractivity contribution in [2.24, 2.45) is 0 Å². The molecule has 58 valence electrons. The molecule has 1 aromatic rings. The van der Waals surface area contributed by atoms with Gasteiger partial charge >= 0.3 is 23.1 Å². The van der Waals surface area contributed by atoms with E-state index in [1.54, 1.807) is 0 Å². The molecule has 0 unspecified atom stereocenters. The fourth-order valence-corrected chi connectivity index (χ4v) is 0.865. The molecular formula is C8H12ClMgN. The molecule has 0 heterocycles. The van der Waals surface area contributed by atoms with Crippen molar-refractivity contribution in [1.29, 1.82) is 0 Å². The monoisotopic (exact) mass is 181 g/mol. The molecule has 11 heavy (non-hydrogen) atoms. The van der Waals surface area contributed by atoms with Crippen LogP contribution in [0.3, 0.4) is 0 Å². The summed E-state index contributed by atoms with van der Waals surface area (Å²) < 4.78 is 0. The molecule has 0 fully saturated rings. The number of hydrogen-bond acceptors (Lipinski definition) is 1. The van der Waals surface area contributed by atoms with E-state index < -0.39 is 0 Å². The van der Waals surface area contributed by atoms with Gasteiger partial charge in [-0.2, -0.15) is 0 Å². The molecule has 0 atom stereocenters. The van der Waals surface area contributed by atoms with Crippen LogP contribution in [0.4, 0.5) is 5.69 Å². The van der Waals surface area contributed by atoms with Crippen molar-refractivity contribution in [3.63, 3.8) is 0 Å². The fourth-order valence-electron chi connectivity index (χ4n) is 0.739.